The zero-order valence-corrected chi connectivity index (χ0v) is 7.55. The van der Waals surface area contributed by atoms with Crippen LogP contribution < -0.4 is 15.2 Å². The molecule has 1 aromatic heterocycles. The van der Waals surface area contributed by atoms with Gasteiger partial charge in [0.1, 0.15) is 5.82 Å². The summed E-state index contributed by atoms with van der Waals surface area (Å²) in [6, 6.07) is 1.50. The van der Waals surface area contributed by atoms with Crippen molar-refractivity contribution in [1.82, 2.24) is 4.98 Å². The van der Waals surface area contributed by atoms with Gasteiger partial charge in [-0.2, -0.15) is 4.98 Å². The van der Waals surface area contributed by atoms with Crippen LogP contribution in [0.5, 0.6) is 11.6 Å². The third-order valence-electron chi connectivity index (χ3n) is 1.31. The first kappa shape index (κ1) is 8.93. The molecular weight excluding hydrogens is 180 g/mol. The predicted octanol–water partition coefficient (Wildman–Crippen LogP) is 1.33. The van der Waals surface area contributed by atoms with E-state index in [0.717, 1.165) is 0 Å². The van der Waals surface area contributed by atoms with Crippen LogP contribution in [0.2, 0.25) is 5.02 Å². The summed E-state index contributed by atoms with van der Waals surface area (Å²) in [6.07, 6.45) is 0. The van der Waals surface area contributed by atoms with Gasteiger partial charge in [0, 0.05) is 6.07 Å². The second-order valence-corrected chi connectivity index (χ2v) is 2.48. The van der Waals surface area contributed by atoms with Gasteiger partial charge in [0.25, 0.3) is 5.88 Å². The molecule has 12 heavy (non-hydrogen) atoms. The van der Waals surface area contributed by atoms with Crippen molar-refractivity contribution in [1.29, 1.82) is 0 Å². The molecule has 1 heterocycles. The summed E-state index contributed by atoms with van der Waals surface area (Å²) < 4.78 is 9.84. The number of nitrogen functional groups attached to an aromatic ring is 1. The molecular formula is C7H9ClN2O2. The number of anilines is 1. The Morgan fingerprint density at radius 3 is 2.58 bits per heavy atom. The zero-order valence-electron chi connectivity index (χ0n) is 6.80. The Hall–Kier alpha value is -1.16. The monoisotopic (exact) mass is 188 g/mol. The molecule has 0 amide bonds. The van der Waals surface area contributed by atoms with E-state index in [1.807, 2.05) is 0 Å². The molecule has 0 aliphatic rings. The largest absolute Gasteiger partial charge is 0.490 e. The molecule has 0 aliphatic heterocycles. The minimum atomic E-state index is 0.294. The lowest BCUT2D eigenvalue weighted by Crippen LogP contribution is -1.97. The van der Waals surface area contributed by atoms with E-state index >= 15 is 0 Å². The fourth-order valence-corrected chi connectivity index (χ4v) is 1.09. The van der Waals surface area contributed by atoms with E-state index in [1.165, 1.54) is 20.3 Å². The Bertz CT molecular complexity index is 291. The number of nitrogens with two attached hydrogens (primary N) is 1. The Morgan fingerprint density at radius 2 is 2.08 bits per heavy atom. The highest BCUT2D eigenvalue weighted by molar-refractivity contribution is 6.32. The molecule has 0 atom stereocenters. The Kier molecular flexibility index (Phi) is 2.60. The third kappa shape index (κ3) is 1.53. The molecule has 0 aliphatic carbocycles. The Labute approximate surface area is 75.3 Å². The first-order valence-electron chi connectivity index (χ1n) is 3.23. The van der Waals surface area contributed by atoms with Crippen LogP contribution in [-0.4, -0.2) is 19.2 Å². The molecule has 0 radical (unpaired) electrons. The summed E-state index contributed by atoms with van der Waals surface area (Å²) in [7, 11) is 2.96. The van der Waals surface area contributed by atoms with Gasteiger partial charge in [0.05, 0.1) is 19.2 Å². The van der Waals surface area contributed by atoms with Gasteiger partial charge in [-0.15, -0.1) is 0 Å². The van der Waals surface area contributed by atoms with Crippen LogP contribution in [0, 0.1) is 0 Å². The molecule has 2 N–H and O–H groups in total. The molecule has 0 spiro atoms. The number of rotatable bonds is 2. The van der Waals surface area contributed by atoms with Gasteiger partial charge in [-0.1, -0.05) is 11.6 Å². The zero-order chi connectivity index (χ0) is 9.14. The molecule has 0 fully saturated rings. The van der Waals surface area contributed by atoms with E-state index in [1.54, 1.807) is 0 Å². The standard InChI is InChI=1S/C7H9ClN2O2/c1-11-6-4(8)3-5(9)10-7(6)12-2/h3H,1-2H3,(H2,9,10). The van der Waals surface area contributed by atoms with Gasteiger partial charge in [-0.25, -0.2) is 0 Å². The van der Waals surface area contributed by atoms with Crippen LogP contribution >= 0.6 is 11.6 Å². The average Bonchev–Trinajstić information content (AvgIpc) is 2.03. The summed E-state index contributed by atoms with van der Waals surface area (Å²) in [5, 5.41) is 0.391. The average molecular weight is 189 g/mol. The van der Waals surface area contributed by atoms with Crippen LogP contribution in [0.1, 0.15) is 0 Å². The molecule has 66 valence electrons. The van der Waals surface area contributed by atoms with Crippen LogP contribution in [0.15, 0.2) is 6.07 Å². The van der Waals surface area contributed by atoms with E-state index in [-0.39, 0.29) is 0 Å². The summed E-state index contributed by atoms with van der Waals surface area (Å²) in [4.78, 5) is 3.87. The van der Waals surface area contributed by atoms with Crippen LogP contribution in [0.25, 0.3) is 0 Å². The van der Waals surface area contributed by atoms with E-state index in [2.05, 4.69) is 4.98 Å². The topological polar surface area (TPSA) is 57.4 Å². The van der Waals surface area contributed by atoms with E-state index in [9.17, 15) is 0 Å². The van der Waals surface area contributed by atoms with Crippen molar-refractivity contribution in [3.8, 4) is 11.6 Å². The Balaban J connectivity index is 3.24. The quantitative estimate of drug-likeness (QED) is 0.761. The maximum absolute atomic E-state index is 5.79. The highest BCUT2D eigenvalue weighted by atomic mass is 35.5. The normalized spacial score (nSPS) is 9.58. The number of hydrogen-bond donors (Lipinski definition) is 1. The van der Waals surface area contributed by atoms with Crippen molar-refractivity contribution >= 4 is 17.4 Å². The highest BCUT2D eigenvalue weighted by Gasteiger charge is 2.10. The number of hydrogen-bond acceptors (Lipinski definition) is 4. The second-order valence-electron chi connectivity index (χ2n) is 2.07. The smallest absolute Gasteiger partial charge is 0.260 e. The fraction of sp³-hybridized carbons (Fsp3) is 0.286. The van der Waals surface area contributed by atoms with Gasteiger partial charge >= 0.3 is 0 Å². The lowest BCUT2D eigenvalue weighted by molar-refractivity contribution is 0.344. The molecule has 5 heteroatoms. The van der Waals surface area contributed by atoms with Crippen molar-refractivity contribution in [2.24, 2.45) is 0 Å². The highest BCUT2D eigenvalue weighted by Crippen LogP contribution is 2.33. The predicted molar refractivity (Wildman–Crippen MR) is 46.8 cm³/mol. The van der Waals surface area contributed by atoms with Gasteiger partial charge < -0.3 is 15.2 Å². The van der Waals surface area contributed by atoms with Gasteiger partial charge in [0.2, 0.25) is 0 Å². The van der Waals surface area contributed by atoms with Crippen molar-refractivity contribution in [2.75, 3.05) is 20.0 Å². The number of halogens is 1. The van der Waals surface area contributed by atoms with Crippen molar-refractivity contribution in [3.63, 3.8) is 0 Å². The SMILES string of the molecule is COc1nc(N)cc(Cl)c1OC. The molecule has 1 aromatic rings. The summed E-state index contributed by atoms with van der Waals surface area (Å²) >= 11 is 5.79. The molecule has 0 saturated heterocycles. The van der Waals surface area contributed by atoms with Crippen LogP contribution in [-0.2, 0) is 0 Å². The molecule has 0 unspecified atom stereocenters. The van der Waals surface area contributed by atoms with Gasteiger partial charge in [-0.05, 0) is 0 Å². The van der Waals surface area contributed by atoms with Gasteiger partial charge in [-0.3, -0.25) is 0 Å². The first-order chi connectivity index (χ1) is 5.69. The number of aromatic nitrogens is 1. The Morgan fingerprint density at radius 1 is 1.42 bits per heavy atom. The lowest BCUT2D eigenvalue weighted by Gasteiger charge is -2.07. The molecule has 0 bridgehead atoms. The number of methoxy groups -OCH3 is 2. The molecule has 0 aromatic carbocycles. The van der Waals surface area contributed by atoms with Gasteiger partial charge in [0.15, 0.2) is 5.75 Å². The van der Waals surface area contributed by atoms with Crippen molar-refractivity contribution in [2.45, 2.75) is 0 Å². The minimum absolute atomic E-state index is 0.294. The van der Waals surface area contributed by atoms with Crippen LogP contribution in [0.4, 0.5) is 5.82 Å². The molecule has 1 rings (SSSR count). The number of nitrogens with zero attached hydrogens (tertiary/aromatic N) is 1. The summed E-state index contributed by atoms with van der Waals surface area (Å²) in [5.74, 6) is 0.994. The lowest BCUT2D eigenvalue weighted by atomic mass is 10.4. The molecule has 4 nitrogen and oxygen atoms in total. The fourth-order valence-electron chi connectivity index (χ4n) is 0.821. The maximum atomic E-state index is 5.79. The van der Waals surface area contributed by atoms with E-state index in [0.29, 0.717) is 22.5 Å². The summed E-state index contributed by atoms with van der Waals surface area (Å²) in [6.45, 7) is 0. The van der Waals surface area contributed by atoms with Crippen LogP contribution in [0.3, 0.4) is 0 Å². The maximum Gasteiger partial charge on any atom is 0.260 e. The van der Waals surface area contributed by atoms with Crippen molar-refractivity contribution in [3.05, 3.63) is 11.1 Å². The van der Waals surface area contributed by atoms with Crippen molar-refractivity contribution < 1.29 is 9.47 Å². The third-order valence-corrected chi connectivity index (χ3v) is 1.59. The number of pyridine rings is 1. The van der Waals surface area contributed by atoms with E-state index < -0.39 is 0 Å². The van der Waals surface area contributed by atoms with E-state index in [4.69, 9.17) is 26.8 Å². The minimum Gasteiger partial charge on any atom is -0.490 e. The molecule has 0 saturated carbocycles. The number of ether oxygens (including phenoxy) is 2. The summed E-state index contributed by atoms with van der Waals surface area (Å²) in [5.41, 5.74) is 5.43. The first-order valence-corrected chi connectivity index (χ1v) is 3.60. The second kappa shape index (κ2) is 3.49.